The molecule has 3 heterocycles. The minimum absolute atomic E-state index is 0.0281. The van der Waals surface area contributed by atoms with Crippen molar-refractivity contribution >= 4 is 16.9 Å². The Bertz CT molecular complexity index is 1090. The number of para-hydroxylation sites is 1. The first kappa shape index (κ1) is 18.1. The molecule has 150 valence electrons. The van der Waals surface area contributed by atoms with E-state index in [1.165, 1.54) is 42.8 Å². The number of piperidine rings is 1. The molecule has 0 spiro atoms. The summed E-state index contributed by atoms with van der Waals surface area (Å²) in [6.45, 7) is 0.845. The molecule has 2 fully saturated rings. The quantitative estimate of drug-likeness (QED) is 0.688. The molecule has 3 aromatic rings. The summed E-state index contributed by atoms with van der Waals surface area (Å²) >= 11 is 0. The number of hydrogen-bond donors (Lipinski definition) is 0. The van der Waals surface area contributed by atoms with E-state index in [4.69, 9.17) is 0 Å². The van der Waals surface area contributed by atoms with E-state index in [1.54, 1.807) is 4.68 Å². The number of likely N-dealkylation sites (tertiary alicyclic amines) is 1. The number of rotatable bonds is 3. The van der Waals surface area contributed by atoms with Gasteiger partial charge in [-0.25, -0.2) is 9.67 Å². The summed E-state index contributed by atoms with van der Waals surface area (Å²) in [4.78, 5) is 32.5. The molecule has 1 amide bonds. The van der Waals surface area contributed by atoms with Gasteiger partial charge in [-0.15, -0.1) is 0 Å². The maximum Gasteiger partial charge on any atom is 0.264 e. The lowest BCUT2D eigenvalue weighted by Gasteiger charge is -2.44. The normalized spacial score (nSPS) is 21.9. The van der Waals surface area contributed by atoms with Crippen LogP contribution in [0, 0.1) is 5.92 Å². The monoisotopic (exact) mass is 391 g/mol. The maximum absolute atomic E-state index is 13.1. The van der Waals surface area contributed by atoms with Crippen LogP contribution in [0.3, 0.4) is 0 Å². The molecule has 2 aromatic heterocycles. The second-order valence-electron chi connectivity index (χ2n) is 8.15. The summed E-state index contributed by atoms with van der Waals surface area (Å²) in [5.41, 5.74) is 1.14. The third kappa shape index (κ3) is 3.24. The summed E-state index contributed by atoms with van der Waals surface area (Å²) in [7, 11) is 0. The SMILES string of the molecule is O=C(Cn1cnc2c(cnn2-c2ccccc2)c1=O)N1CCC[C@H]2CCCC[C@@H]21. The lowest BCUT2D eigenvalue weighted by Crippen LogP contribution is -2.51. The first-order chi connectivity index (χ1) is 14.2. The molecule has 1 saturated heterocycles. The molecular weight excluding hydrogens is 366 g/mol. The molecule has 7 heteroatoms. The van der Waals surface area contributed by atoms with Gasteiger partial charge in [-0.2, -0.15) is 5.10 Å². The third-order valence-electron chi connectivity index (χ3n) is 6.42. The Morgan fingerprint density at radius 1 is 1.07 bits per heavy atom. The molecule has 1 aliphatic heterocycles. The van der Waals surface area contributed by atoms with E-state index < -0.39 is 0 Å². The number of amides is 1. The molecule has 0 N–H and O–H groups in total. The Kier molecular flexibility index (Phi) is 4.66. The molecule has 1 aromatic carbocycles. The van der Waals surface area contributed by atoms with Gasteiger partial charge >= 0.3 is 0 Å². The Morgan fingerprint density at radius 3 is 2.72 bits per heavy atom. The highest BCUT2D eigenvalue weighted by atomic mass is 16.2. The number of fused-ring (bicyclic) bond motifs is 2. The van der Waals surface area contributed by atoms with Crippen LogP contribution in [0.15, 0.2) is 47.7 Å². The van der Waals surface area contributed by atoms with Crippen LogP contribution >= 0.6 is 0 Å². The van der Waals surface area contributed by atoms with Gasteiger partial charge in [0.1, 0.15) is 18.3 Å². The summed E-state index contributed by atoms with van der Waals surface area (Å²) < 4.78 is 3.08. The molecule has 7 nitrogen and oxygen atoms in total. The van der Waals surface area contributed by atoms with E-state index in [-0.39, 0.29) is 18.0 Å². The van der Waals surface area contributed by atoms with Crippen LogP contribution in [0.2, 0.25) is 0 Å². The summed E-state index contributed by atoms with van der Waals surface area (Å²) in [6.07, 6.45) is 10.1. The van der Waals surface area contributed by atoms with E-state index in [2.05, 4.69) is 10.1 Å². The van der Waals surface area contributed by atoms with Gasteiger partial charge in [0.05, 0.1) is 11.9 Å². The largest absolute Gasteiger partial charge is 0.338 e. The lowest BCUT2D eigenvalue weighted by molar-refractivity contribution is -0.138. The van der Waals surface area contributed by atoms with Crippen molar-refractivity contribution in [3.8, 4) is 5.69 Å². The highest BCUT2D eigenvalue weighted by Crippen LogP contribution is 2.35. The van der Waals surface area contributed by atoms with Crippen molar-refractivity contribution in [3.05, 3.63) is 53.2 Å². The Labute approximate surface area is 169 Å². The highest BCUT2D eigenvalue weighted by molar-refractivity contribution is 5.78. The van der Waals surface area contributed by atoms with Gasteiger partial charge in [0.25, 0.3) is 5.56 Å². The highest BCUT2D eigenvalue weighted by Gasteiger charge is 2.35. The van der Waals surface area contributed by atoms with Gasteiger partial charge < -0.3 is 4.90 Å². The van der Waals surface area contributed by atoms with E-state index >= 15 is 0 Å². The second-order valence-corrected chi connectivity index (χ2v) is 8.15. The van der Waals surface area contributed by atoms with Crippen LogP contribution in [-0.2, 0) is 11.3 Å². The van der Waals surface area contributed by atoms with Crippen LogP contribution in [0.4, 0.5) is 0 Å². The smallest absolute Gasteiger partial charge is 0.264 e. The van der Waals surface area contributed by atoms with Crippen LogP contribution in [0.25, 0.3) is 16.7 Å². The van der Waals surface area contributed by atoms with Gasteiger partial charge in [0.15, 0.2) is 5.65 Å². The Morgan fingerprint density at radius 2 is 1.86 bits per heavy atom. The van der Waals surface area contributed by atoms with Gasteiger partial charge in [0.2, 0.25) is 5.91 Å². The summed E-state index contributed by atoms with van der Waals surface area (Å²) in [5, 5.41) is 4.76. The number of hydrogen-bond acceptors (Lipinski definition) is 4. The average molecular weight is 391 g/mol. The first-order valence-corrected chi connectivity index (χ1v) is 10.5. The molecule has 0 unspecified atom stereocenters. The molecule has 0 bridgehead atoms. The molecule has 2 atom stereocenters. The predicted octanol–water partition coefficient (Wildman–Crippen LogP) is 2.76. The number of aromatic nitrogens is 4. The van der Waals surface area contributed by atoms with E-state index in [9.17, 15) is 9.59 Å². The van der Waals surface area contributed by atoms with Crippen molar-refractivity contribution in [2.24, 2.45) is 5.92 Å². The Hall–Kier alpha value is -2.96. The van der Waals surface area contributed by atoms with E-state index in [0.29, 0.717) is 23.0 Å². The Balaban J connectivity index is 1.41. The second kappa shape index (κ2) is 7.46. The fourth-order valence-electron chi connectivity index (χ4n) is 4.99. The van der Waals surface area contributed by atoms with E-state index in [0.717, 1.165) is 25.1 Å². The number of carbonyl (C=O) groups excluding carboxylic acids is 1. The van der Waals surface area contributed by atoms with Crippen LogP contribution in [0.1, 0.15) is 38.5 Å². The minimum Gasteiger partial charge on any atom is -0.338 e. The fourth-order valence-corrected chi connectivity index (χ4v) is 4.99. The van der Waals surface area contributed by atoms with Crippen molar-refractivity contribution in [2.75, 3.05) is 6.54 Å². The molecule has 0 radical (unpaired) electrons. The van der Waals surface area contributed by atoms with Crippen molar-refractivity contribution in [1.82, 2.24) is 24.2 Å². The van der Waals surface area contributed by atoms with Crippen molar-refractivity contribution in [2.45, 2.75) is 51.1 Å². The summed E-state index contributed by atoms with van der Waals surface area (Å²) in [5.74, 6) is 0.656. The zero-order valence-corrected chi connectivity index (χ0v) is 16.4. The zero-order chi connectivity index (χ0) is 19.8. The molecule has 5 rings (SSSR count). The molecule has 29 heavy (non-hydrogen) atoms. The topological polar surface area (TPSA) is 73.0 Å². The van der Waals surface area contributed by atoms with Crippen molar-refractivity contribution in [3.63, 3.8) is 0 Å². The molecule has 1 saturated carbocycles. The first-order valence-electron chi connectivity index (χ1n) is 10.5. The van der Waals surface area contributed by atoms with Gasteiger partial charge in [-0.1, -0.05) is 31.0 Å². The van der Waals surface area contributed by atoms with E-state index in [1.807, 2.05) is 35.2 Å². The van der Waals surface area contributed by atoms with Crippen molar-refractivity contribution < 1.29 is 4.79 Å². The van der Waals surface area contributed by atoms with Gasteiger partial charge in [-0.05, 0) is 43.7 Å². The third-order valence-corrected chi connectivity index (χ3v) is 6.42. The zero-order valence-electron chi connectivity index (χ0n) is 16.4. The van der Waals surface area contributed by atoms with Gasteiger partial charge in [0, 0.05) is 12.6 Å². The predicted molar refractivity (Wildman–Crippen MR) is 110 cm³/mol. The van der Waals surface area contributed by atoms with Crippen molar-refractivity contribution in [1.29, 1.82) is 0 Å². The lowest BCUT2D eigenvalue weighted by atomic mass is 9.78. The van der Waals surface area contributed by atoms with Crippen LogP contribution in [0.5, 0.6) is 0 Å². The average Bonchev–Trinajstić information content (AvgIpc) is 3.21. The molecule has 2 aliphatic rings. The number of carbonyl (C=O) groups is 1. The standard InChI is InChI=1S/C22H25N5O2/c28-20(26-12-6-8-16-7-4-5-11-19(16)26)14-25-15-23-21-18(22(25)29)13-24-27(21)17-9-2-1-3-10-17/h1-3,9-10,13,15-16,19H,4-8,11-12,14H2/t16-,19+/m1/s1. The van der Waals surface area contributed by atoms with Crippen LogP contribution < -0.4 is 5.56 Å². The van der Waals surface area contributed by atoms with Gasteiger partial charge in [-0.3, -0.25) is 14.2 Å². The summed E-state index contributed by atoms with van der Waals surface area (Å²) in [6, 6.07) is 9.94. The maximum atomic E-state index is 13.1. The molecule has 1 aliphatic carbocycles. The molecular formula is C22H25N5O2. The van der Waals surface area contributed by atoms with Crippen LogP contribution in [-0.4, -0.2) is 42.7 Å². The fraction of sp³-hybridized carbons (Fsp3) is 0.455. The number of nitrogens with zero attached hydrogens (tertiary/aromatic N) is 5. The minimum atomic E-state index is -0.220. The number of benzene rings is 1.